The molecule has 26 heavy (non-hydrogen) atoms. The van der Waals surface area contributed by atoms with Gasteiger partial charge in [-0.25, -0.2) is 0 Å². The minimum atomic E-state index is 0.0142. The average molecular weight is 356 g/mol. The molecule has 0 aromatic carbocycles. The quantitative estimate of drug-likeness (QED) is 0.832. The molecule has 2 fully saturated rings. The first-order valence-corrected chi connectivity index (χ1v) is 9.12. The van der Waals surface area contributed by atoms with Crippen molar-refractivity contribution >= 4 is 5.91 Å². The first-order valence-electron chi connectivity index (χ1n) is 9.12. The highest BCUT2D eigenvalue weighted by atomic mass is 16.5. The maximum absolute atomic E-state index is 12.9. The lowest BCUT2D eigenvalue weighted by Gasteiger charge is -2.48. The van der Waals surface area contributed by atoms with Crippen LogP contribution in [-0.2, 0) is 11.3 Å². The molecule has 7 heteroatoms. The van der Waals surface area contributed by atoms with Crippen molar-refractivity contribution in [1.82, 2.24) is 20.0 Å². The van der Waals surface area contributed by atoms with E-state index in [2.05, 4.69) is 22.1 Å². The minimum Gasteiger partial charge on any atom is -0.468 e. The van der Waals surface area contributed by atoms with Gasteiger partial charge in [-0.2, -0.15) is 10.2 Å². The summed E-state index contributed by atoms with van der Waals surface area (Å²) in [6.45, 7) is 2.87. The molecule has 4 rings (SSSR count). The second-order valence-electron chi connectivity index (χ2n) is 7.14. The van der Waals surface area contributed by atoms with Crippen molar-refractivity contribution in [3.8, 4) is 0 Å². The third-order valence-electron chi connectivity index (χ3n) is 5.41. The fraction of sp³-hybridized carbons (Fsp3) is 0.526. The average Bonchev–Trinajstić information content (AvgIpc) is 3.20. The molecule has 0 spiro atoms. The largest absolute Gasteiger partial charge is 0.468 e. The van der Waals surface area contributed by atoms with Crippen LogP contribution in [0.4, 0.5) is 0 Å². The summed E-state index contributed by atoms with van der Waals surface area (Å²) in [7, 11) is 2.07. The zero-order chi connectivity index (χ0) is 17.9. The van der Waals surface area contributed by atoms with Gasteiger partial charge in [0.15, 0.2) is 0 Å². The molecule has 3 atom stereocenters. The Morgan fingerprint density at radius 3 is 3.04 bits per heavy atom. The van der Waals surface area contributed by atoms with Crippen molar-refractivity contribution in [2.45, 2.75) is 31.5 Å². The monoisotopic (exact) mass is 356 g/mol. The summed E-state index contributed by atoms with van der Waals surface area (Å²) in [6.07, 6.45) is 7.08. The van der Waals surface area contributed by atoms with E-state index in [0.29, 0.717) is 24.6 Å². The predicted octanol–water partition coefficient (Wildman–Crippen LogP) is 1.82. The SMILES string of the molecule is CN(Cc1ccco1)[C@@H]1CN(C(=O)c2ccnnc2)C[C@@H]2CCCO[C@@H]21. The van der Waals surface area contributed by atoms with Crippen LogP contribution in [0.1, 0.15) is 29.0 Å². The van der Waals surface area contributed by atoms with Gasteiger partial charge in [-0.1, -0.05) is 0 Å². The Morgan fingerprint density at radius 1 is 1.35 bits per heavy atom. The Labute approximate surface area is 152 Å². The van der Waals surface area contributed by atoms with Crippen LogP contribution in [0.15, 0.2) is 41.3 Å². The van der Waals surface area contributed by atoms with Gasteiger partial charge in [0.05, 0.1) is 42.9 Å². The number of rotatable bonds is 4. The van der Waals surface area contributed by atoms with E-state index in [1.807, 2.05) is 17.0 Å². The molecular weight excluding hydrogens is 332 g/mol. The lowest BCUT2D eigenvalue weighted by atomic mass is 9.84. The van der Waals surface area contributed by atoms with E-state index in [1.54, 1.807) is 18.5 Å². The molecule has 2 aromatic rings. The number of amides is 1. The summed E-state index contributed by atoms with van der Waals surface area (Å²) in [5.41, 5.74) is 0.586. The lowest BCUT2D eigenvalue weighted by molar-refractivity contribution is -0.106. The molecule has 2 aliphatic rings. The second kappa shape index (κ2) is 7.55. The number of carbonyl (C=O) groups excluding carboxylic acids is 1. The molecule has 138 valence electrons. The fourth-order valence-electron chi connectivity index (χ4n) is 4.09. The summed E-state index contributed by atoms with van der Waals surface area (Å²) in [6, 6.07) is 5.73. The number of furan rings is 1. The molecule has 0 radical (unpaired) electrons. The van der Waals surface area contributed by atoms with E-state index in [0.717, 1.165) is 31.8 Å². The van der Waals surface area contributed by atoms with E-state index in [9.17, 15) is 4.79 Å². The van der Waals surface area contributed by atoms with Crippen molar-refractivity contribution in [3.63, 3.8) is 0 Å². The van der Waals surface area contributed by atoms with Gasteiger partial charge in [0, 0.05) is 25.6 Å². The molecule has 0 saturated carbocycles. The Bertz CT molecular complexity index is 722. The number of carbonyl (C=O) groups is 1. The van der Waals surface area contributed by atoms with E-state index in [1.165, 1.54) is 6.20 Å². The first kappa shape index (κ1) is 17.2. The number of fused-ring (bicyclic) bond motifs is 1. The third kappa shape index (κ3) is 3.50. The Kier molecular flexibility index (Phi) is 4.99. The number of hydrogen-bond acceptors (Lipinski definition) is 6. The second-order valence-corrected chi connectivity index (χ2v) is 7.14. The zero-order valence-corrected chi connectivity index (χ0v) is 15.0. The molecule has 2 aromatic heterocycles. The van der Waals surface area contributed by atoms with Crippen molar-refractivity contribution in [1.29, 1.82) is 0 Å². The molecule has 2 aliphatic heterocycles. The van der Waals surface area contributed by atoms with Gasteiger partial charge in [0.2, 0.25) is 0 Å². The van der Waals surface area contributed by atoms with Crippen molar-refractivity contribution in [2.24, 2.45) is 5.92 Å². The van der Waals surface area contributed by atoms with Crippen molar-refractivity contribution < 1.29 is 13.9 Å². The highest BCUT2D eigenvalue weighted by Crippen LogP contribution is 2.32. The number of likely N-dealkylation sites (N-methyl/N-ethyl adjacent to an activating group) is 1. The third-order valence-corrected chi connectivity index (χ3v) is 5.41. The standard InChI is InChI=1S/C19H24N4O3/c1-22(12-16-5-3-8-25-16)17-13-23(11-15-4-2-9-26-18(15)17)19(24)14-6-7-20-21-10-14/h3,5-8,10,15,17-18H,2,4,9,11-13H2,1H3/t15-,17+,18-/m0/s1. The summed E-state index contributed by atoms with van der Waals surface area (Å²) in [4.78, 5) is 17.1. The van der Waals surface area contributed by atoms with Crippen LogP contribution in [0, 0.1) is 5.92 Å². The highest BCUT2D eigenvalue weighted by molar-refractivity contribution is 5.93. The number of likely N-dealkylation sites (tertiary alicyclic amines) is 1. The van der Waals surface area contributed by atoms with Gasteiger partial charge >= 0.3 is 0 Å². The molecule has 0 aliphatic carbocycles. The van der Waals surface area contributed by atoms with Gasteiger partial charge in [0.25, 0.3) is 5.91 Å². The van der Waals surface area contributed by atoms with Crippen molar-refractivity contribution in [3.05, 3.63) is 48.2 Å². The first-order chi connectivity index (χ1) is 12.7. The van der Waals surface area contributed by atoms with E-state index < -0.39 is 0 Å². The summed E-state index contributed by atoms with van der Waals surface area (Å²) in [5, 5.41) is 7.61. The van der Waals surface area contributed by atoms with Gasteiger partial charge in [-0.15, -0.1) is 0 Å². The number of nitrogens with zero attached hydrogens (tertiary/aromatic N) is 4. The lowest BCUT2D eigenvalue weighted by Crippen LogP contribution is -2.61. The smallest absolute Gasteiger partial charge is 0.255 e. The van der Waals surface area contributed by atoms with Crippen molar-refractivity contribution in [2.75, 3.05) is 26.7 Å². The molecule has 0 bridgehead atoms. The van der Waals surface area contributed by atoms with E-state index in [4.69, 9.17) is 9.15 Å². The molecule has 0 unspecified atom stereocenters. The highest BCUT2D eigenvalue weighted by Gasteiger charge is 2.42. The van der Waals surface area contributed by atoms with Crippen LogP contribution < -0.4 is 0 Å². The van der Waals surface area contributed by atoms with Crippen LogP contribution in [-0.4, -0.2) is 64.8 Å². The van der Waals surface area contributed by atoms with Gasteiger partial charge < -0.3 is 14.1 Å². The summed E-state index contributed by atoms with van der Waals surface area (Å²) >= 11 is 0. The molecule has 2 saturated heterocycles. The van der Waals surface area contributed by atoms with E-state index >= 15 is 0 Å². The molecule has 0 N–H and O–H groups in total. The number of aromatic nitrogens is 2. The fourth-order valence-corrected chi connectivity index (χ4v) is 4.09. The van der Waals surface area contributed by atoms with Crippen LogP contribution in [0.25, 0.3) is 0 Å². The Hall–Kier alpha value is -2.25. The molecular formula is C19H24N4O3. The number of ether oxygens (including phenoxy) is 1. The Morgan fingerprint density at radius 2 is 2.27 bits per heavy atom. The maximum atomic E-state index is 12.9. The van der Waals surface area contributed by atoms with Crippen LogP contribution in [0.3, 0.4) is 0 Å². The summed E-state index contributed by atoms with van der Waals surface area (Å²) in [5.74, 6) is 1.29. The normalized spacial score (nSPS) is 25.9. The molecule has 4 heterocycles. The number of piperidine rings is 1. The van der Waals surface area contributed by atoms with Crippen LogP contribution >= 0.6 is 0 Å². The molecule has 1 amide bonds. The number of hydrogen-bond donors (Lipinski definition) is 0. The summed E-state index contributed by atoms with van der Waals surface area (Å²) < 4.78 is 11.6. The van der Waals surface area contributed by atoms with E-state index in [-0.39, 0.29) is 18.1 Å². The van der Waals surface area contributed by atoms with Gasteiger partial charge in [-0.05, 0) is 38.1 Å². The van der Waals surface area contributed by atoms with Crippen LogP contribution in [0.5, 0.6) is 0 Å². The topological polar surface area (TPSA) is 71.7 Å². The predicted molar refractivity (Wildman–Crippen MR) is 94.4 cm³/mol. The Balaban J connectivity index is 1.53. The maximum Gasteiger partial charge on any atom is 0.255 e. The minimum absolute atomic E-state index is 0.0142. The van der Waals surface area contributed by atoms with Gasteiger partial charge in [0.1, 0.15) is 5.76 Å². The molecule has 7 nitrogen and oxygen atoms in total. The zero-order valence-electron chi connectivity index (χ0n) is 15.0. The van der Waals surface area contributed by atoms with Gasteiger partial charge in [-0.3, -0.25) is 9.69 Å². The van der Waals surface area contributed by atoms with Crippen LogP contribution in [0.2, 0.25) is 0 Å².